The Bertz CT molecular complexity index is 1180. The van der Waals surface area contributed by atoms with E-state index in [1.54, 1.807) is 31.4 Å². The zero-order chi connectivity index (χ0) is 24.0. The molecule has 0 aliphatic rings. The second kappa shape index (κ2) is 10.6. The number of carbonyl (C=O) groups is 1. The highest BCUT2D eigenvalue weighted by atomic mass is 32.2. The molecule has 1 N–H and O–H groups in total. The molecule has 3 rings (SSSR count). The lowest BCUT2D eigenvalue weighted by atomic mass is 10.1. The minimum Gasteiger partial charge on any atom is -0.497 e. The Balaban J connectivity index is 1.81. The number of ether oxygens (including phenoxy) is 1. The topological polar surface area (TPSA) is 75.7 Å². The Morgan fingerprint density at radius 1 is 1.00 bits per heavy atom. The molecule has 1 atom stereocenters. The van der Waals surface area contributed by atoms with Gasteiger partial charge in [-0.05, 0) is 61.4 Å². The van der Waals surface area contributed by atoms with Gasteiger partial charge in [-0.1, -0.05) is 42.0 Å². The molecule has 3 aromatic carbocycles. The predicted molar refractivity (Wildman–Crippen MR) is 125 cm³/mol. The lowest BCUT2D eigenvalue weighted by Gasteiger charge is -2.23. The molecule has 0 fully saturated rings. The molecule has 0 aromatic heterocycles. The first-order valence-electron chi connectivity index (χ1n) is 10.4. The van der Waals surface area contributed by atoms with E-state index in [1.165, 1.54) is 36.4 Å². The maximum absolute atomic E-state index is 13.3. The van der Waals surface area contributed by atoms with Gasteiger partial charge in [0.05, 0.1) is 24.6 Å². The van der Waals surface area contributed by atoms with Gasteiger partial charge in [0.1, 0.15) is 11.6 Å². The Hall–Kier alpha value is -3.23. The van der Waals surface area contributed by atoms with Crippen LogP contribution in [0, 0.1) is 12.7 Å². The summed E-state index contributed by atoms with van der Waals surface area (Å²) < 4.78 is 46.2. The molecule has 0 aliphatic heterocycles. The molecule has 0 saturated carbocycles. The van der Waals surface area contributed by atoms with Crippen molar-refractivity contribution in [2.75, 3.05) is 13.7 Å². The molecule has 174 valence electrons. The first-order chi connectivity index (χ1) is 15.7. The van der Waals surface area contributed by atoms with Crippen molar-refractivity contribution in [2.24, 2.45) is 0 Å². The average Bonchev–Trinajstić information content (AvgIpc) is 2.80. The summed E-state index contributed by atoms with van der Waals surface area (Å²) in [7, 11) is -2.39. The zero-order valence-electron chi connectivity index (χ0n) is 18.8. The molecule has 0 aliphatic carbocycles. The van der Waals surface area contributed by atoms with Crippen molar-refractivity contribution in [1.29, 1.82) is 0 Å². The third-order valence-electron chi connectivity index (χ3n) is 5.24. The average molecular weight is 471 g/mol. The summed E-state index contributed by atoms with van der Waals surface area (Å²) in [6, 6.07) is 18.9. The van der Waals surface area contributed by atoms with E-state index < -0.39 is 21.7 Å². The van der Waals surface area contributed by atoms with Gasteiger partial charge < -0.3 is 10.1 Å². The molecule has 6 nitrogen and oxygen atoms in total. The summed E-state index contributed by atoms with van der Waals surface area (Å²) in [5.74, 6) is -0.166. The molecule has 0 unspecified atom stereocenters. The van der Waals surface area contributed by atoms with Crippen LogP contribution in [0.5, 0.6) is 5.75 Å². The van der Waals surface area contributed by atoms with Crippen LogP contribution in [0.4, 0.5) is 4.39 Å². The SMILES string of the molecule is COc1ccc([C@@H](C)NC(=O)CN(Cc2ccc(F)cc2)S(=O)(=O)c2ccc(C)cc2)cc1. The number of benzene rings is 3. The lowest BCUT2D eigenvalue weighted by molar-refractivity contribution is -0.122. The number of hydrogen-bond acceptors (Lipinski definition) is 4. The van der Waals surface area contributed by atoms with Crippen LogP contribution in [-0.4, -0.2) is 32.3 Å². The summed E-state index contributed by atoms with van der Waals surface area (Å²) in [4.78, 5) is 12.9. The summed E-state index contributed by atoms with van der Waals surface area (Å²) in [5, 5.41) is 2.85. The molecule has 0 bridgehead atoms. The van der Waals surface area contributed by atoms with E-state index in [9.17, 15) is 17.6 Å². The van der Waals surface area contributed by atoms with E-state index in [1.807, 2.05) is 26.0 Å². The summed E-state index contributed by atoms with van der Waals surface area (Å²) in [6.07, 6.45) is 0. The van der Waals surface area contributed by atoms with Crippen LogP contribution in [0.1, 0.15) is 29.7 Å². The normalized spacial score (nSPS) is 12.4. The number of methoxy groups -OCH3 is 1. The molecular weight excluding hydrogens is 443 g/mol. The molecule has 0 spiro atoms. The Morgan fingerprint density at radius 2 is 1.61 bits per heavy atom. The van der Waals surface area contributed by atoms with Crippen LogP contribution in [-0.2, 0) is 21.4 Å². The summed E-state index contributed by atoms with van der Waals surface area (Å²) in [6.45, 7) is 3.23. The van der Waals surface area contributed by atoms with Crippen molar-refractivity contribution in [3.05, 3.63) is 95.3 Å². The van der Waals surface area contributed by atoms with Gasteiger partial charge in [-0.2, -0.15) is 4.31 Å². The van der Waals surface area contributed by atoms with Gasteiger partial charge in [-0.15, -0.1) is 0 Å². The number of rotatable bonds is 9. The van der Waals surface area contributed by atoms with Gasteiger partial charge in [0.15, 0.2) is 0 Å². The van der Waals surface area contributed by atoms with E-state index >= 15 is 0 Å². The van der Waals surface area contributed by atoms with Crippen LogP contribution >= 0.6 is 0 Å². The van der Waals surface area contributed by atoms with Crippen molar-refractivity contribution < 1.29 is 22.3 Å². The van der Waals surface area contributed by atoms with Crippen LogP contribution < -0.4 is 10.1 Å². The Kier molecular flexibility index (Phi) is 7.84. The Labute approximate surface area is 194 Å². The number of halogens is 1. The van der Waals surface area contributed by atoms with Gasteiger partial charge in [0.2, 0.25) is 15.9 Å². The molecule has 0 heterocycles. The van der Waals surface area contributed by atoms with E-state index in [-0.39, 0.29) is 24.0 Å². The molecule has 8 heteroatoms. The highest BCUT2D eigenvalue weighted by Crippen LogP contribution is 2.21. The van der Waals surface area contributed by atoms with Gasteiger partial charge >= 0.3 is 0 Å². The third kappa shape index (κ3) is 6.40. The number of hydrogen-bond donors (Lipinski definition) is 1. The number of nitrogens with one attached hydrogen (secondary N) is 1. The molecule has 33 heavy (non-hydrogen) atoms. The fraction of sp³-hybridized carbons (Fsp3) is 0.240. The van der Waals surface area contributed by atoms with Gasteiger partial charge in [-0.25, -0.2) is 12.8 Å². The maximum Gasteiger partial charge on any atom is 0.243 e. The molecule has 0 radical (unpaired) electrons. The molecule has 3 aromatic rings. The monoisotopic (exact) mass is 470 g/mol. The number of aryl methyl sites for hydroxylation is 1. The third-order valence-corrected chi connectivity index (χ3v) is 7.05. The predicted octanol–water partition coefficient (Wildman–Crippen LogP) is 4.21. The first-order valence-corrected chi connectivity index (χ1v) is 11.9. The van der Waals surface area contributed by atoms with Gasteiger partial charge in [0.25, 0.3) is 0 Å². The van der Waals surface area contributed by atoms with Crippen molar-refractivity contribution >= 4 is 15.9 Å². The van der Waals surface area contributed by atoms with E-state index in [0.717, 1.165) is 15.4 Å². The second-order valence-electron chi connectivity index (χ2n) is 7.77. The first kappa shape index (κ1) is 24.4. The lowest BCUT2D eigenvalue weighted by Crippen LogP contribution is -2.41. The molecule has 1 amide bonds. The fourth-order valence-electron chi connectivity index (χ4n) is 3.30. The Morgan fingerprint density at radius 3 is 2.18 bits per heavy atom. The van der Waals surface area contributed by atoms with Crippen molar-refractivity contribution in [2.45, 2.75) is 31.3 Å². The minimum atomic E-state index is -3.97. The van der Waals surface area contributed by atoms with Crippen LogP contribution in [0.15, 0.2) is 77.7 Å². The van der Waals surface area contributed by atoms with Gasteiger partial charge in [0, 0.05) is 6.54 Å². The number of sulfonamides is 1. The molecular formula is C25H27FN2O4S. The maximum atomic E-state index is 13.3. The zero-order valence-corrected chi connectivity index (χ0v) is 19.6. The van der Waals surface area contributed by atoms with Crippen LogP contribution in [0.3, 0.4) is 0 Å². The van der Waals surface area contributed by atoms with Crippen molar-refractivity contribution in [3.8, 4) is 5.75 Å². The summed E-state index contributed by atoms with van der Waals surface area (Å²) in [5.41, 5.74) is 2.35. The highest BCUT2D eigenvalue weighted by molar-refractivity contribution is 7.89. The standard InChI is InChI=1S/C25H27FN2O4S/c1-18-4-14-24(15-5-18)33(30,31)28(16-20-6-10-22(26)11-7-20)17-25(29)27-19(2)21-8-12-23(32-3)13-9-21/h4-15,19H,16-17H2,1-3H3,(H,27,29)/t19-/m1/s1. The van der Waals surface area contributed by atoms with E-state index in [2.05, 4.69) is 5.32 Å². The second-order valence-corrected chi connectivity index (χ2v) is 9.71. The highest BCUT2D eigenvalue weighted by Gasteiger charge is 2.27. The van der Waals surface area contributed by atoms with Gasteiger partial charge in [-0.3, -0.25) is 4.79 Å². The minimum absolute atomic E-state index is 0.0686. The van der Waals surface area contributed by atoms with Crippen molar-refractivity contribution in [3.63, 3.8) is 0 Å². The number of carbonyl (C=O) groups excluding carboxylic acids is 1. The number of amides is 1. The van der Waals surface area contributed by atoms with E-state index in [4.69, 9.17) is 4.74 Å². The van der Waals surface area contributed by atoms with E-state index in [0.29, 0.717) is 11.3 Å². The largest absolute Gasteiger partial charge is 0.497 e. The van der Waals surface area contributed by atoms with Crippen LogP contribution in [0.2, 0.25) is 0 Å². The van der Waals surface area contributed by atoms with Crippen LogP contribution in [0.25, 0.3) is 0 Å². The fourth-order valence-corrected chi connectivity index (χ4v) is 4.69. The number of nitrogens with zero attached hydrogens (tertiary/aromatic N) is 1. The molecule has 0 saturated heterocycles. The quantitative estimate of drug-likeness (QED) is 0.508. The smallest absolute Gasteiger partial charge is 0.243 e. The summed E-state index contributed by atoms with van der Waals surface area (Å²) >= 11 is 0. The van der Waals surface area contributed by atoms with Crippen molar-refractivity contribution in [1.82, 2.24) is 9.62 Å².